The van der Waals surface area contributed by atoms with E-state index < -0.39 is 0 Å². The second-order valence-electron chi connectivity index (χ2n) is 4.27. The molecule has 0 aromatic carbocycles. The number of rotatable bonds is 2. The summed E-state index contributed by atoms with van der Waals surface area (Å²) in [7, 11) is 0. The normalized spacial score (nSPS) is 28.1. The number of hydrogen-bond acceptors (Lipinski definition) is 4. The molecule has 1 aliphatic heterocycles. The van der Waals surface area contributed by atoms with E-state index in [1.807, 2.05) is 13.0 Å². The number of nitrogens with one attached hydrogen (secondary N) is 1. The lowest BCUT2D eigenvalue weighted by atomic mass is 10.2. The van der Waals surface area contributed by atoms with Gasteiger partial charge in [-0.05, 0) is 20.3 Å². The van der Waals surface area contributed by atoms with Gasteiger partial charge in [-0.3, -0.25) is 4.99 Å². The molecule has 1 fully saturated rings. The monoisotopic (exact) mass is 239 g/mol. The van der Waals surface area contributed by atoms with E-state index in [1.54, 1.807) is 11.8 Å². The molecule has 2 unspecified atom stereocenters. The minimum atomic E-state index is 0.506. The Morgan fingerprint density at radius 1 is 1.62 bits per heavy atom. The molecule has 0 bridgehead atoms. The zero-order valence-corrected chi connectivity index (χ0v) is 10.7. The van der Waals surface area contributed by atoms with Gasteiger partial charge in [-0.15, -0.1) is 0 Å². The lowest BCUT2D eigenvalue weighted by molar-refractivity contribution is 0.381. The number of nitrogens with zero attached hydrogens (tertiary/aromatic N) is 2. The fourth-order valence-electron chi connectivity index (χ4n) is 1.76. The summed E-state index contributed by atoms with van der Waals surface area (Å²) in [5.74, 6) is 0.818. The molecule has 1 saturated heterocycles. The average Bonchev–Trinajstić information content (AvgIpc) is 2.60. The molecule has 2 atom stereocenters. The predicted molar refractivity (Wildman–Crippen MR) is 66.6 cm³/mol. The van der Waals surface area contributed by atoms with Gasteiger partial charge in [0.2, 0.25) is 0 Å². The van der Waals surface area contributed by atoms with Crippen LogP contribution in [0.3, 0.4) is 0 Å². The molecule has 4 nitrogen and oxygen atoms in total. The Labute approximate surface area is 99.9 Å². The fraction of sp³-hybridized carbons (Fsp3) is 0.636. The predicted octanol–water partition coefficient (Wildman–Crippen LogP) is 2.34. The first-order chi connectivity index (χ1) is 7.63. The molecular weight excluding hydrogens is 222 g/mol. The highest BCUT2D eigenvalue weighted by Crippen LogP contribution is 2.22. The number of thioether (sulfide) groups is 1. The van der Waals surface area contributed by atoms with Crippen LogP contribution < -0.4 is 5.32 Å². The Balaban J connectivity index is 1.96. The Kier molecular flexibility index (Phi) is 3.53. The summed E-state index contributed by atoms with van der Waals surface area (Å²) in [6, 6.07) is 2.43. The highest BCUT2D eigenvalue weighted by atomic mass is 32.2. The van der Waals surface area contributed by atoms with E-state index in [4.69, 9.17) is 4.52 Å². The van der Waals surface area contributed by atoms with Crippen LogP contribution in [0.4, 0.5) is 0 Å². The van der Waals surface area contributed by atoms with Gasteiger partial charge in [0.1, 0.15) is 6.54 Å². The molecule has 1 N–H and O–H groups in total. The highest BCUT2D eigenvalue weighted by Gasteiger charge is 2.19. The van der Waals surface area contributed by atoms with Crippen LogP contribution in [0.1, 0.15) is 31.7 Å². The van der Waals surface area contributed by atoms with Crippen molar-refractivity contribution in [3.63, 3.8) is 0 Å². The van der Waals surface area contributed by atoms with Crippen LogP contribution >= 0.6 is 11.8 Å². The van der Waals surface area contributed by atoms with Gasteiger partial charge >= 0.3 is 0 Å². The van der Waals surface area contributed by atoms with Crippen molar-refractivity contribution in [3.8, 4) is 0 Å². The quantitative estimate of drug-likeness (QED) is 0.860. The summed E-state index contributed by atoms with van der Waals surface area (Å²) in [5, 5.41) is 8.86. The first kappa shape index (κ1) is 11.5. The van der Waals surface area contributed by atoms with Crippen LogP contribution in [-0.2, 0) is 6.54 Å². The molecule has 0 aliphatic carbocycles. The number of aromatic nitrogens is 1. The first-order valence-corrected chi connectivity index (χ1v) is 6.41. The molecule has 1 aliphatic rings. The summed E-state index contributed by atoms with van der Waals surface area (Å²) in [4.78, 5) is 4.50. The van der Waals surface area contributed by atoms with Crippen molar-refractivity contribution < 1.29 is 4.52 Å². The van der Waals surface area contributed by atoms with Gasteiger partial charge < -0.3 is 9.84 Å². The Morgan fingerprint density at radius 3 is 3.06 bits per heavy atom. The standard InChI is InChI=1S/C11H17N3OS/c1-7-4-9(3)16-11(13-7)12-6-10-5-8(2)14-15-10/h5,7,9H,4,6H2,1-3H3,(H,12,13). The van der Waals surface area contributed by atoms with E-state index >= 15 is 0 Å². The van der Waals surface area contributed by atoms with Crippen LogP contribution in [-0.4, -0.2) is 21.6 Å². The molecule has 2 heterocycles. The molecule has 16 heavy (non-hydrogen) atoms. The third-order valence-corrected chi connectivity index (χ3v) is 3.49. The van der Waals surface area contributed by atoms with Gasteiger partial charge in [-0.25, -0.2) is 0 Å². The van der Waals surface area contributed by atoms with Crippen LogP contribution in [0.15, 0.2) is 15.6 Å². The van der Waals surface area contributed by atoms with Crippen LogP contribution in [0.2, 0.25) is 0 Å². The average molecular weight is 239 g/mol. The number of hydrogen-bond donors (Lipinski definition) is 1. The topological polar surface area (TPSA) is 50.4 Å². The SMILES string of the molecule is Cc1cc(CN=C2NC(C)CC(C)S2)on1. The van der Waals surface area contributed by atoms with Crippen molar-refractivity contribution in [1.29, 1.82) is 0 Å². The van der Waals surface area contributed by atoms with Crippen molar-refractivity contribution in [1.82, 2.24) is 10.5 Å². The minimum Gasteiger partial charge on any atom is -0.362 e. The van der Waals surface area contributed by atoms with Gasteiger partial charge in [-0.2, -0.15) is 0 Å². The second kappa shape index (κ2) is 4.91. The van der Waals surface area contributed by atoms with Gasteiger partial charge in [0, 0.05) is 17.4 Å². The highest BCUT2D eigenvalue weighted by molar-refractivity contribution is 8.14. The lowest BCUT2D eigenvalue weighted by Crippen LogP contribution is -2.38. The summed E-state index contributed by atoms with van der Waals surface area (Å²) in [6.07, 6.45) is 1.19. The summed E-state index contributed by atoms with van der Waals surface area (Å²) >= 11 is 1.79. The molecule has 0 saturated carbocycles. The van der Waals surface area contributed by atoms with E-state index in [1.165, 1.54) is 6.42 Å². The van der Waals surface area contributed by atoms with E-state index in [2.05, 4.69) is 29.3 Å². The summed E-state index contributed by atoms with van der Waals surface area (Å²) in [5.41, 5.74) is 0.904. The molecular formula is C11H17N3OS. The largest absolute Gasteiger partial charge is 0.362 e. The molecule has 0 radical (unpaired) electrons. The second-order valence-corrected chi connectivity index (χ2v) is 5.69. The van der Waals surface area contributed by atoms with Crippen LogP contribution in [0.25, 0.3) is 0 Å². The van der Waals surface area contributed by atoms with E-state index in [0.717, 1.165) is 16.6 Å². The van der Waals surface area contributed by atoms with Gasteiger partial charge in [0.05, 0.1) is 5.69 Å². The third kappa shape index (κ3) is 3.01. The summed E-state index contributed by atoms with van der Waals surface area (Å²) in [6.45, 7) is 6.90. The number of aryl methyl sites for hydroxylation is 1. The molecule has 0 amide bonds. The van der Waals surface area contributed by atoms with Crippen molar-refractivity contribution in [3.05, 3.63) is 17.5 Å². The number of aliphatic imine (C=N–C) groups is 1. The zero-order valence-electron chi connectivity index (χ0n) is 9.86. The third-order valence-electron chi connectivity index (χ3n) is 2.42. The van der Waals surface area contributed by atoms with E-state index in [9.17, 15) is 0 Å². The maximum absolute atomic E-state index is 5.11. The van der Waals surface area contributed by atoms with Crippen LogP contribution in [0.5, 0.6) is 0 Å². The van der Waals surface area contributed by atoms with Crippen LogP contribution in [0, 0.1) is 6.92 Å². The molecule has 0 spiro atoms. The van der Waals surface area contributed by atoms with E-state index in [-0.39, 0.29) is 0 Å². The Bertz CT molecular complexity index is 376. The smallest absolute Gasteiger partial charge is 0.158 e. The lowest BCUT2D eigenvalue weighted by Gasteiger charge is -2.26. The van der Waals surface area contributed by atoms with E-state index in [0.29, 0.717) is 17.8 Å². The van der Waals surface area contributed by atoms with Gasteiger partial charge in [0.25, 0.3) is 0 Å². The molecule has 1 aromatic heterocycles. The fourth-order valence-corrected chi connectivity index (χ4v) is 2.94. The van der Waals surface area contributed by atoms with Crippen molar-refractivity contribution in [2.24, 2.45) is 4.99 Å². The first-order valence-electron chi connectivity index (χ1n) is 5.53. The molecule has 88 valence electrons. The Hall–Kier alpha value is -0.970. The Morgan fingerprint density at radius 2 is 2.44 bits per heavy atom. The summed E-state index contributed by atoms with van der Waals surface area (Å²) < 4.78 is 5.11. The zero-order chi connectivity index (χ0) is 11.5. The van der Waals surface area contributed by atoms with Gasteiger partial charge in [0.15, 0.2) is 10.9 Å². The molecule has 5 heteroatoms. The molecule has 2 rings (SSSR count). The minimum absolute atomic E-state index is 0.506. The van der Waals surface area contributed by atoms with Crippen molar-refractivity contribution in [2.45, 2.75) is 45.0 Å². The molecule has 1 aromatic rings. The maximum Gasteiger partial charge on any atom is 0.158 e. The van der Waals surface area contributed by atoms with Gasteiger partial charge in [-0.1, -0.05) is 23.8 Å². The number of amidine groups is 1. The maximum atomic E-state index is 5.11. The van der Waals surface area contributed by atoms with Crippen molar-refractivity contribution >= 4 is 16.9 Å². The van der Waals surface area contributed by atoms with Crippen molar-refractivity contribution in [2.75, 3.05) is 0 Å².